The fraction of sp³-hybridized carbons (Fsp3) is 0.786. The number of piperazine rings is 1. The number of hydrogen-bond donors (Lipinski definition) is 1. The molecule has 0 radical (unpaired) electrons. The maximum absolute atomic E-state index is 5.03. The molecule has 2 saturated heterocycles. The van der Waals surface area contributed by atoms with Crippen molar-refractivity contribution in [1.29, 1.82) is 0 Å². The molecule has 1 aromatic rings. The Bertz CT molecular complexity index is 425. The molecule has 1 atom stereocenters. The van der Waals surface area contributed by atoms with Gasteiger partial charge in [-0.2, -0.15) is 0 Å². The highest BCUT2D eigenvalue weighted by molar-refractivity contribution is 7.15. The second kappa shape index (κ2) is 6.85. The molecule has 0 saturated carbocycles. The molecule has 1 aromatic heterocycles. The van der Waals surface area contributed by atoms with Gasteiger partial charge in [0.05, 0.1) is 6.61 Å². The van der Waals surface area contributed by atoms with Crippen molar-refractivity contribution in [1.82, 2.24) is 15.2 Å². The Balaban J connectivity index is 1.51. The molecule has 3 rings (SSSR count). The van der Waals surface area contributed by atoms with Gasteiger partial charge in [-0.3, -0.25) is 4.90 Å². The first-order valence-electron chi connectivity index (χ1n) is 7.50. The van der Waals surface area contributed by atoms with Crippen LogP contribution in [0.25, 0.3) is 0 Å². The highest BCUT2D eigenvalue weighted by Crippen LogP contribution is 2.28. The Morgan fingerprint density at radius 1 is 1.45 bits per heavy atom. The summed E-state index contributed by atoms with van der Waals surface area (Å²) in [6.45, 7) is 7.32. The van der Waals surface area contributed by atoms with Crippen molar-refractivity contribution in [3.05, 3.63) is 11.1 Å². The summed E-state index contributed by atoms with van der Waals surface area (Å²) >= 11 is 1.82. The van der Waals surface area contributed by atoms with Crippen molar-refractivity contribution in [3.8, 4) is 0 Å². The van der Waals surface area contributed by atoms with Crippen molar-refractivity contribution in [2.45, 2.75) is 25.4 Å². The Hall–Kier alpha value is -0.690. The molecular formula is C14H24N4OS. The number of nitrogens with one attached hydrogen (secondary N) is 1. The van der Waals surface area contributed by atoms with Gasteiger partial charge in [0.15, 0.2) is 5.13 Å². The lowest BCUT2D eigenvalue weighted by Gasteiger charge is -2.37. The van der Waals surface area contributed by atoms with Crippen LogP contribution in [0.4, 0.5) is 5.13 Å². The monoisotopic (exact) mass is 296 g/mol. The SMILES string of the molecule is COCCNCc1cnc(N2CCN3CCCC3C2)s1. The Morgan fingerprint density at radius 3 is 3.30 bits per heavy atom. The summed E-state index contributed by atoms with van der Waals surface area (Å²) in [4.78, 5) is 11.0. The largest absolute Gasteiger partial charge is 0.383 e. The molecule has 0 aliphatic carbocycles. The molecule has 20 heavy (non-hydrogen) atoms. The van der Waals surface area contributed by atoms with Crippen LogP contribution >= 0.6 is 11.3 Å². The summed E-state index contributed by atoms with van der Waals surface area (Å²) in [5.74, 6) is 0. The van der Waals surface area contributed by atoms with Gasteiger partial charge in [-0.25, -0.2) is 4.98 Å². The highest BCUT2D eigenvalue weighted by atomic mass is 32.1. The summed E-state index contributed by atoms with van der Waals surface area (Å²) in [5, 5.41) is 4.57. The molecule has 112 valence electrons. The minimum Gasteiger partial charge on any atom is -0.383 e. The molecule has 2 aliphatic rings. The van der Waals surface area contributed by atoms with E-state index < -0.39 is 0 Å². The second-order valence-electron chi connectivity index (χ2n) is 5.56. The highest BCUT2D eigenvalue weighted by Gasteiger charge is 2.31. The van der Waals surface area contributed by atoms with Gasteiger partial charge in [0.25, 0.3) is 0 Å². The summed E-state index contributed by atoms with van der Waals surface area (Å²) in [7, 11) is 1.73. The van der Waals surface area contributed by atoms with Crippen molar-refractivity contribution >= 4 is 16.5 Å². The summed E-state index contributed by atoms with van der Waals surface area (Å²) in [5.41, 5.74) is 0. The van der Waals surface area contributed by atoms with Crippen LogP contribution < -0.4 is 10.2 Å². The number of hydrogen-bond acceptors (Lipinski definition) is 6. The van der Waals surface area contributed by atoms with Gasteiger partial charge >= 0.3 is 0 Å². The van der Waals surface area contributed by atoms with Gasteiger partial charge < -0.3 is 15.0 Å². The second-order valence-corrected chi connectivity index (χ2v) is 6.65. The Kier molecular flexibility index (Phi) is 4.88. The molecule has 0 amide bonds. The van der Waals surface area contributed by atoms with E-state index in [2.05, 4.69) is 20.1 Å². The zero-order chi connectivity index (χ0) is 13.8. The van der Waals surface area contributed by atoms with Gasteiger partial charge in [-0.15, -0.1) is 11.3 Å². The fourth-order valence-electron chi connectivity index (χ4n) is 3.08. The van der Waals surface area contributed by atoms with E-state index in [0.29, 0.717) is 0 Å². The molecule has 1 N–H and O–H groups in total. The summed E-state index contributed by atoms with van der Waals surface area (Å²) in [6.07, 6.45) is 4.74. The van der Waals surface area contributed by atoms with Crippen molar-refractivity contribution in [3.63, 3.8) is 0 Å². The Labute approximate surface area is 124 Å². The normalized spacial score (nSPS) is 23.2. The van der Waals surface area contributed by atoms with Crippen LogP contribution in [0, 0.1) is 0 Å². The number of anilines is 1. The molecule has 5 nitrogen and oxygen atoms in total. The first-order valence-corrected chi connectivity index (χ1v) is 8.32. The molecule has 0 bridgehead atoms. The number of methoxy groups -OCH3 is 1. The predicted molar refractivity (Wildman–Crippen MR) is 82.5 cm³/mol. The van der Waals surface area contributed by atoms with Gasteiger partial charge in [-0.05, 0) is 19.4 Å². The fourth-order valence-corrected chi connectivity index (χ4v) is 3.99. The van der Waals surface area contributed by atoms with E-state index in [4.69, 9.17) is 4.74 Å². The van der Waals surface area contributed by atoms with E-state index in [9.17, 15) is 0 Å². The van der Waals surface area contributed by atoms with E-state index in [-0.39, 0.29) is 0 Å². The third-order valence-corrected chi connectivity index (χ3v) is 5.24. The van der Waals surface area contributed by atoms with Crippen LogP contribution in [0.1, 0.15) is 17.7 Å². The number of rotatable bonds is 6. The third kappa shape index (κ3) is 3.31. The third-order valence-electron chi connectivity index (χ3n) is 4.18. The van der Waals surface area contributed by atoms with Crippen LogP contribution in [-0.4, -0.2) is 62.4 Å². The minimum atomic E-state index is 0.759. The topological polar surface area (TPSA) is 40.6 Å². The van der Waals surface area contributed by atoms with Crippen molar-refractivity contribution in [2.75, 3.05) is 51.3 Å². The quantitative estimate of drug-likeness (QED) is 0.798. The van der Waals surface area contributed by atoms with Crippen molar-refractivity contribution in [2.24, 2.45) is 0 Å². The van der Waals surface area contributed by atoms with Gasteiger partial charge in [0.2, 0.25) is 0 Å². The van der Waals surface area contributed by atoms with Crippen LogP contribution in [0.2, 0.25) is 0 Å². The molecule has 3 heterocycles. The van der Waals surface area contributed by atoms with E-state index in [1.807, 2.05) is 17.5 Å². The van der Waals surface area contributed by atoms with Gasteiger partial charge in [0.1, 0.15) is 0 Å². The maximum atomic E-state index is 5.03. The molecule has 2 fully saturated rings. The first kappa shape index (κ1) is 14.3. The van der Waals surface area contributed by atoms with Crippen LogP contribution in [0.15, 0.2) is 6.20 Å². The van der Waals surface area contributed by atoms with Crippen molar-refractivity contribution < 1.29 is 4.74 Å². The van der Waals surface area contributed by atoms with E-state index in [1.54, 1.807) is 7.11 Å². The maximum Gasteiger partial charge on any atom is 0.185 e. The van der Waals surface area contributed by atoms with Crippen LogP contribution in [0.5, 0.6) is 0 Å². The molecule has 0 spiro atoms. The van der Waals surface area contributed by atoms with Crippen LogP contribution in [-0.2, 0) is 11.3 Å². The lowest BCUT2D eigenvalue weighted by atomic mass is 10.2. The molecule has 2 aliphatic heterocycles. The predicted octanol–water partition coefficient (Wildman–Crippen LogP) is 1.16. The standard InChI is InChI=1S/C14H24N4OS/c1-19-8-4-15-9-13-10-16-14(20-13)18-7-6-17-5-2-3-12(17)11-18/h10,12,15H,2-9,11H2,1H3. The zero-order valence-electron chi connectivity index (χ0n) is 12.2. The summed E-state index contributed by atoms with van der Waals surface area (Å²) < 4.78 is 5.03. The average molecular weight is 296 g/mol. The molecule has 1 unspecified atom stereocenters. The van der Waals surface area contributed by atoms with Gasteiger partial charge in [-0.1, -0.05) is 0 Å². The van der Waals surface area contributed by atoms with Gasteiger partial charge in [0, 0.05) is 56.9 Å². The number of nitrogens with zero attached hydrogens (tertiary/aromatic N) is 3. The van der Waals surface area contributed by atoms with Crippen LogP contribution in [0.3, 0.4) is 0 Å². The number of fused-ring (bicyclic) bond motifs is 1. The lowest BCUT2D eigenvalue weighted by molar-refractivity contribution is 0.199. The van der Waals surface area contributed by atoms with E-state index in [1.165, 1.54) is 35.9 Å². The molecule has 0 aromatic carbocycles. The molecule has 6 heteroatoms. The number of thiazole rings is 1. The summed E-state index contributed by atoms with van der Waals surface area (Å²) in [6, 6.07) is 0.760. The number of ether oxygens (including phenoxy) is 1. The first-order chi connectivity index (χ1) is 9.86. The minimum absolute atomic E-state index is 0.759. The number of aromatic nitrogens is 1. The Morgan fingerprint density at radius 2 is 2.40 bits per heavy atom. The smallest absolute Gasteiger partial charge is 0.185 e. The zero-order valence-corrected chi connectivity index (χ0v) is 13.0. The lowest BCUT2D eigenvalue weighted by Crippen LogP contribution is -2.50. The van der Waals surface area contributed by atoms with E-state index >= 15 is 0 Å². The average Bonchev–Trinajstić information content (AvgIpc) is 3.11. The van der Waals surface area contributed by atoms with E-state index in [0.717, 1.165) is 38.8 Å². The molecular weight excluding hydrogens is 272 g/mol.